The Balaban J connectivity index is 1.86. The van der Waals surface area contributed by atoms with E-state index in [0.717, 1.165) is 10.0 Å². The molecule has 5 heteroatoms. The van der Waals surface area contributed by atoms with E-state index in [0.29, 0.717) is 13.0 Å². The normalized spacial score (nSPS) is 21.9. The van der Waals surface area contributed by atoms with E-state index in [1.165, 1.54) is 0 Å². The van der Waals surface area contributed by atoms with Gasteiger partial charge in [-0.05, 0) is 18.1 Å². The molecule has 1 aliphatic rings. The van der Waals surface area contributed by atoms with Crippen molar-refractivity contribution in [2.45, 2.75) is 13.0 Å². The predicted octanol–water partition coefficient (Wildman–Crippen LogP) is 1.79. The number of carboxylic acid groups (broad SMARTS) is 1. The average molecular weight is 298 g/mol. The lowest BCUT2D eigenvalue weighted by Gasteiger charge is -2.06. The lowest BCUT2D eigenvalue weighted by Crippen LogP contribution is -2.26. The summed E-state index contributed by atoms with van der Waals surface area (Å²) in [6.07, 6.45) is 0.455. The first-order chi connectivity index (χ1) is 8.09. The van der Waals surface area contributed by atoms with Crippen LogP contribution >= 0.6 is 15.9 Å². The van der Waals surface area contributed by atoms with Crippen molar-refractivity contribution < 1.29 is 14.7 Å². The highest BCUT2D eigenvalue weighted by molar-refractivity contribution is 9.10. The molecule has 1 amide bonds. The van der Waals surface area contributed by atoms with E-state index in [9.17, 15) is 9.59 Å². The third-order valence-electron chi connectivity index (χ3n) is 2.86. The highest BCUT2D eigenvalue weighted by atomic mass is 79.9. The van der Waals surface area contributed by atoms with Gasteiger partial charge in [-0.2, -0.15) is 0 Å². The van der Waals surface area contributed by atoms with Crippen LogP contribution in [-0.4, -0.2) is 17.0 Å². The fourth-order valence-corrected chi connectivity index (χ4v) is 2.14. The zero-order valence-electron chi connectivity index (χ0n) is 9.02. The minimum absolute atomic E-state index is 0.173. The number of benzene rings is 1. The molecule has 0 heterocycles. The number of aliphatic carboxylic acids is 1. The molecule has 0 aromatic heterocycles. The van der Waals surface area contributed by atoms with Gasteiger partial charge < -0.3 is 10.4 Å². The molecule has 0 aliphatic heterocycles. The zero-order valence-corrected chi connectivity index (χ0v) is 10.6. The van der Waals surface area contributed by atoms with E-state index in [-0.39, 0.29) is 11.8 Å². The van der Waals surface area contributed by atoms with Crippen LogP contribution in [0.15, 0.2) is 28.7 Å². The van der Waals surface area contributed by atoms with E-state index in [1.54, 1.807) is 0 Å². The lowest BCUT2D eigenvalue weighted by atomic mass is 10.2. The van der Waals surface area contributed by atoms with Gasteiger partial charge in [0.05, 0.1) is 11.8 Å². The van der Waals surface area contributed by atoms with Crippen LogP contribution in [0.25, 0.3) is 0 Å². The Hall–Kier alpha value is -1.36. The summed E-state index contributed by atoms with van der Waals surface area (Å²) in [4.78, 5) is 22.2. The SMILES string of the molecule is O=C(O)[C@H]1C[C@H]1C(=O)NCc1ccccc1Br. The van der Waals surface area contributed by atoms with Crippen LogP contribution < -0.4 is 5.32 Å². The summed E-state index contributed by atoms with van der Waals surface area (Å²) in [5, 5.41) is 11.5. The van der Waals surface area contributed by atoms with Crippen molar-refractivity contribution in [2.75, 3.05) is 0 Å². The maximum Gasteiger partial charge on any atom is 0.307 e. The van der Waals surface area contributed by atoms with Gasteiger partial charge >= 0.3 is 5.97 Å². The molecule has 90 valence electrons. The molecule has 2 atom stereocenters. The van der Waals surface area contributed by atoms with Crippen LogP contribution in [0.3, 0.4) is 0 Å². The first-order valence-electron chi connectivity index (χ1n) is 5.33. The first kappa shape index (κ1) is 12.1. The number of carbonyl (C=O) groups is 2. The molecule has 17 heavy (non-hydrogen) atoms. The Morgan fingerprint density at radius 3 is 2.65 bits per heavy atom. The Bertz CT molecular complexity index is 461. The van der Waals surface area contributed by atoms with E-state index in [1.807, 2.05) is 24.3 Å². The van der Waals surface area contributed by atoms with Crippen molar-refractivity contribution >= 4 is 27.8 Å². The first-order valence-corrected chi connectivity index (χ1v) is 6.13. The molecule has 0 spiro atoms. The molecule has 0 saturated heterocycles. The Labute approximate surface area is 107 Å². The molecular formula is C12H12BrNO3. The molecule has 1 aliphatic carbocycles. The zero-order chi connectivity index (χ0) is 12.4. The lowest BCUT2D eigenvalue weighted by molar-refractivity contribution is -0.140. The molecule has 4 nitrogen and oxygen atoms in total. The summed E-state index contributed by atoms with van der Waals surface area (Å²) >= 11 is 3.39. The summed E-state index contributed by atoms with van der Waals surface area (Å²) in [6, 6.07) is 7.60. The monoisotopic (exact) mass is 297 g/mol. The minimum atomic E-state index is -0.883. The van der Waals surface area contributed by atoms with Crippen LogP contribution in [-0.2, 0) is 16.1 Å². The van der Waals surface area contributed by atoms with Gasteiger partial charge in [-0.1, -0.05) is 34.1 Å². The van der Waals surface area contributed by atoms with E-state index < -0.39 is 11.9 Å². The van der Waals surface area contributed by atoms with Crippen molar-refractivity contribution in [2.24, 2.45) is 11.8 Å². The number of rotatable bonds is 4. The maximum atomic E-state index is 11.6. The highest BCUT2D eigenvalue weighted by Crippen LogP contribution is 2.38. The largest absolute Gasteiger partial charge is 0.481 e. The van der Waals surface area contributed by atoms with Gasteiger partial charge in [0.15, 0.2) is 0 Å². The molecule has 0 unspecified atom stereocenters. The van der Waals surface area contributed by atoms with Crippen LogP contribution in [0.5, 0.6) is 0 Å². The van der Waals surface area contributed by atoms with Crippen LogP contribution in [0.4, 0.5) is 0 Å². The van der Waals surface area contributed by atoms with Gasteiger partial charge in [0.2, 0.25) is 5.91 Å². The van der Waals surface area contributed by atoms with Crippen LogP contribution in [0, 0.1) is 11.8 Å². The van der Waals surface area contributed by atoms with Gasteiger partial charge in [0, 0.05) is 11.0 Å². The Morgan fingerprint density at radius 1 is 1.35 bits per heavy atom. The molecule has 1 aromatic rings. The van der Waals surface area contributed by atoms with Crippen LogP contribution in [0.2, 0.25) is 0 Å². The Morgan fingerprint density at radius 2 is 2.06 bits per heavy atom. The summed E-state index contributed by atoms with van der Waals surface area (Å²) in [7, 11) is 0. The third kappa shape index (κ3) is 2.85. The minimum Gasteiger partial charge on any atom is -0.481 e. The van der Waals surface area contributed by atoms with Crippen molar-refractivity contribution in [1.82, 2.24) is 5.32 Å². The summed E-state index contributed by atoms with van der Waals surface area (Å²) in [5.74, 6) is -1.90. The Kier molecular flexibility index (Phi) is 3.47. The topological polar surface area (TPSA) is 66.4 Å². The van der Waals surface area contributed by atoms with Crippen molar-refractivity contribution in [3.05, 3.63) is 34.3 Å². The van der Waals surface area contributed by atoms with Gasteiger partial charge in [0.25, 0.3) is 0 Å². The predicted molar refractivity (Wildman–Crippen MR) is 65.2 cm³/mol. The van der Waals surface area contributed by atoms with Gasteiger partial charge in [-0.3, -0.25) is 9.59 Å². The molecule has 2 N–H and O–H groups in total. The van der Waals surface area contributed by atoms with Gasteiger partial charge in [-0.15, -0.1) is 0 Å². The third-order valence-corrected chi connectivity index (χ3v) is 3.63. The molecular weight excluding hydrogens is 286 g/mol. The number of hydrogen-bond acceptors (Lipinski definition) is 2. The summed E-state index contributed by atoms with van der Waals surface area (Å²) < 4.78 is 0.936. The second-order valence-electron chi connectivity index (χ2n) is 4.10. The fraction of sp³-hybridized carbons (Fsp3) is 0.333. The van der Waals surface area contributed by atoms with Gasteiger partial charge in [0.1, 0.15) is 0 Å². The maximum absolute atomic E-state index is 11.6. The number of carbonyl (C=O) groups excluding carboxylic acids is 1. The number of halogens is 1. The summed E-state index contributed by atoms with van der Waals surface area (Å²) in [5.41, 5.74) is 0.980. The molecule has 1 aromatic carbocycles. The smallest absolute Gasteiger partial charge is 0.307 e. The van der Waals surface area contributed by atoms with Gasteiger partial charge in [-0.25, -0.2) is 0 Å². The fourth-order valence-electron chi connectivity index (χ4n) is 1.71. The molecule has 1 fully saturated rings. The van der Waals surface area contributed by atoms with Crippen molar-refractivity contribution in [1.29, 1.82) is 0 Å². The van der Waals surface area contributed by atoms with E-state index in [2.05, 4.69) is 21.2 Å². The molecule has 2 rings (SSSR count). The number of carboxylic acids is 1. The number of nitrogens with one attached hydrogen (secondary N) is 1. The quantitative estimate of drug-likeness (QED) is 0.890. The van der Waals surface area contributed by atoms with Crippen molar-refractivity contribution in [3.8, 4) is 0 Å². The van der Waals surface area contributed by atoms with E-state index >= 15 is 0 Å². The average Bonchev–Trinajstić information content (AvgIpc) is 3.07. The number of amides is 1. The van der Waals surface area contributed by atoms with E-state index in [4.69, 9.17) is 5.11 Å². The second-order valence-corrected chi connectivity index (χ2v) is 4.95. The molecule has 0 radical (unpaired) electrons. The second kappa shape index (κ2) is 4.87. The molecule has 1 saturated carbocycles. The van der Waals surface area contributed by atoms with Crippen molar-refractivity contribution in [3.63, 3.8) is 0 Å². The van der Waals surface area contributed by atoms with Crippen LogP contribution in [0.1, 0.15) is 12.0 Å². The standard InChI is InChI=1S/C12H12BrNO3/c13-10-4-2-1-3-7(10)6-14-11(15)8-5-9(8)12(16)17/h1-4,8-9H,5-6H2,(H,14,15)(H,16,17)/t8-,9+/m1/s1. The molecule has 0 bridgehead atoms. The highest BCUT2D eigenvalue weighted by Gasteiger charge is 2.48. The number of hydrogen-bond donors (Lipinski definition) is 2. The summed E-state index contributed by atoms with van der Waals surface area (Å²) in [6.45, 7) is 0.420.